The molecule has 0 bridgehead atoms. The van der Waals surface area contributed by atoms with Crippen molar-refractivity contribution < 1.29 is 14.8 Å². The van der Waals surface area contributed by atoms with Gasteiger partial charge >= 0.3 is 0 Å². The first-order chi connectivity index (χ1) is 6.16. The first-order valence-corrected chi connectivity index (χ1v) is 3.21. The van der Waals surface area contributed by atoms with Gasteiger partial charge in [-0.25, -0.2) is 4.79 Å². The quantitative estimate of drug-likeness (QED) is 0.321. The number of benzene rings is 1. The average Bonchev–Trinajstić information content (AvgIpc) is 2.08. The summed E-state index contributed by atoms with van der Waals surface area (Å²) in [6.07, 6.45) is 1.13. The molecule has 6 heteroatoms. The number of isocyanates is 1. The van der Waals surface area contributed by atoms with Crippen molar-refractivity contribution in [1.82, 2.24) is 0 Å². The van der Waals surface area contributed by atoms with E-state index in [1.54, 1.807) is 0 Å². The second kappa shape index (κ2) is 3.46. The number of hydrogen-bond acceptors (Lipinski definition) is 5. The van der Waals surface area contributed by atoms with Crippen LogP contribution >= 0.6 is 0 Å². The standard InChI is InChI=1S/C7H4N2O4/c10-4-8-7-5(9(12)13)2-1-3-6(7)11/h1-3,11H. The second-order valence-electron chi connectivity index (χ2n) is 2.11. The first-order valence-electron chi connectivity index (χ1n) is 3.21. The topological polar surface area (TPSA) is 92.8 Å². The molecular weight excluding hydrogens is 176 g/mol. The molecule has 0 saturated carbocycles. The fraction of sp³-hybridized carbons (Fsp3) is 0. The molecule has 0 saturated heterocycles. The molecule has 0 unspecified atom stereocenters. The van der Waals surface area contributed by atoms with Gasteiger partial charge in [-0.1, -0.05) is 6.07 Å². The van der Waals surface area contributed by atoms with Crippen molar-refractivity contribution >= 4 is 17.5 Å². The van der Waals surface area contributed by atoms with Crippen molar-refractivity contribution in [2.24, 2.45) is 4.99 Å². The number of phenols is 1. The highest BCUT2D eigenvalue weighted by Gasteiger charge is 2.16. The summed E-state index contributed by atoms with van der Waals surface area (Å²) >= 11 is 0. The van der Waals surface area contributed by atoms with E-state index in [2.05, 4.69) is 4.99 Å². The Labute approximate surface area is 72.3 Å². The number of nitro groups is 1. The number of aromatic hydroxyl groups is 1. The molecule has 0 aromatic heterocycles. The third-order valence-corrected chi connectivity index (χ3v) is 1.35. The monoisotopic (exact) mass is 180 g/mol. The summed E-state index contributed by atoms with van der Waals surface area (Å²) in [5, 5.41) is 19.4. The maximum Gasteiger partial charge on any atom is 0.299 e. The maximum absolute atomic E-state index is 10.4. The van der Waals surface area contributed by atoms with Gasteiger partial charge in [0.05, 0.1) is 4.92 Å². The molecule has 0 atom stereocenters. The lowest BCUT2D eigenvalue weighted by atomic mass is 10.2. The van der Waals surface area contributed by atoms with Crippen LogP contribution in [0.5, 0.6) is 5.75 Å². The SMILES string of the molecule is O=C=Nc1c(O)cccc1[N+](=O)[O-]. The molecule has 1 aromatic carbocycles. The van der Waals surface area contributed by atoms with Crippen LogP contribution < -0.4 is 0 Å². The van der Waals surface area contributed by atoms with Gasteiger partial charge in [0.15, 0.2) is 5.69 Å². The van der Waals surface area contributed by atoms with Gasteiger partial charge < -0.3 is 5.11 Å². The van der Waals surface area contributed by atoms with Crippen LogP contribution in [0.2, 0.25) is 0 Å². The maximum atomic E-state index is 10.4. The summed E-state index contributed by atoms with van der Waals surface area (Å²) in [6.45, 7) is 0. The highest BCUT2D eigenvalue weighted by molar-refractivity contribution is 5.68. The molecular formula is C7H4N2O4. The Morgan fingerprint density at radius 2 is 2.23 bits per heavy atom. The number of para-hydroxylation sites is 1. The predicted molar refractivity (Wildman–Crippen MR) is 42.5 cm³/mol. The summed E-state index contributed by atoms with van der Waals surface area (Å²) < 4.78 is 0. The van der Waals surface area contributed by atoms with Gasteiger partial charge in [-0.15, -0.1) is 0 Å². The number of nitrogens with zero attached hydrogens (tertiary/aromatic N) is 2. The minimum Gasteiger partial charge on any atom is -0.505 e. The van der Waals surface area contributed by atoms with Gasteiger partial charge in [-0.05, 0) is 6.07 Å². The predicted octanol–water partition coefficient (Wildman–Crippen LogP) is 1.27. The number of aliphatic imine (C=N–C) groups is 1. The van der Waals surface area contributed by atoms with E-state index >= 15 is 0 Å². The highest BCUT2D eigenvalue weighted by Crippen LogP contribution is 2.35. The number of carbonyl (C=O) groups excluding carboxylic acids is 1. The lowest BCUT2D eigenvalue weighted by Crippen LogP contribution is -1.87. The number of nitro benzene ring substituents is 1. The lowest BCUT2D eigenvalue weighted by Gasteiger charge is -1.96. The van der Waals surface area contributed by atoms with Gasteiger partial charge in [0.25, 0.3) is 5.69 Å². The molecule has 0 aliphatic rings. The molecule has 0 radical (unpaired) electrons. The summed E-state index contributed by atoms with van der Waals surface area (Å²) in [5.41, 5.74) is -0.800. The largest absolute Gasteiger partial charge is 0.505 e. The fourth-order valence-electron chi connectivity index (χ4n) is 0.827. The minimum absolute atomic E-state index is 0.373. The van der Waals surface area contributed by atoms with E-state index in [-0.39, 0.29) is 5.69 Å². The fourth-order valence-corrected chi connectivity index (χ4v) is 0.827. The van der Waals surface area contributed by atoms with Crippen molar-refractivity contribution in [3.8, 4) is 5.75 Å². The van der Waals surface area contributed by atoms with Crippen LogP contribution in [0.1, 0.15) is 0 Å². The molecule has 0 fully saturated rings. The normalized spacial score (nSPS) is 8.92. The summed E-state index contributed by atoms with van der Waals surface area (Å²) in [6, 6.07) is 3.62. The van der Waals surface area contributed by atoms with Crippen LogP contribution in [0.4, 0.5) is 11.4 Å². The van der Waals surface area contributed by atoms with Crippen molar-refractivity contribution in [3.05, 3.63) is 28.3 Å². The van der Waals surface area contributed by atoms with Crippen LogP contribution in [0.25, 0.3) is 0 Å². The van der Waals surface area contributed by atoms with E-state index in [0.29, 0.717) is 0 Å². The smallest absolute Gasteiger partial charge is 0.299 e. The van der Waals surface area contributed by atoms with Gasteiger partial charge in [0.2, 0.25) is 6.08 Å². The van der Waals surface area contributed by atoms with E-state index in [9.17, 15) is 14.9 Å². The zero-order valence-corrected chi connectivity index (χ0v) is 6.30. The van der Waals surface area contributed by atoms with E-state index < -0.39 is 16.4 Å². The van der Waals surface area contributed by atoms with Crippen LogP contribution in [0.15, 0.2) is 23.2 Å². The minimum atomic E-state index is -0.740. The summed E-state index contributed by atoms with van der Waals surface area (Å²) in [5.74, 6) is -0.419. The molecule has 0 spiro atoms. The van der Waals surface area contributed by atoms with E-state index in [1.807, 2.05) is 0 Å². The van der Waals surface area contributed by atoms with Gasteiger partial charge in [-0.3, -0.25) is 10.1 Å². The van der Waals surface area contributed by atoms with Gasteiger partial charge in [-0.2, -0.15) is 4.99 Å². The zero-order chi connectivity index (χ0) is 9.84. The molecule has 0 aliphatic heterocycles. The molecule has 0 heterocycles. The Morgan fingerprint density at radius 3 is 2.77 bits per heavy atom. The molecule has 66 valence electrons. The Morgan fingerprint density at radius 1 is 1.54 bits per heavy atom. The molecule has 1 aromatic rings. The Kier molecular flexibility index (Phi) is 2.37. The van der Waals surface area contributed by atoms with Gasteiger partial charge in [0, 0.05) is 6.07 Å². The molecule has 0 aliphatic carbocycles. The molecule has 1 N–H and O–H groups in total. The molecule has 0 amide bonds. The Bertz CT molecular complexity index is 395. The van der Waals surface area contributed by atoms with Crippen molar-refractivity contribution in [2.45, 2.75) is 0 Å². The zero-order valence-electron chi connectivity index (χ0n) is 6.30. The lowest BCUT2D eigenvalue weighted by molar-refractivity contribution is -0.384. The Hall–Kier alpha value is -2.20. The van der Waals surface area contributed by atoms with Crippen molar-refractivity contribution in [2.75, 3.05) is 0 Å². The number of hydrogen-bond donors (Lipinski definition) is 1. The Balaban J connectivity index is 3.42. The van der Waals surface area contributed by atoms with E-state index in [0.717, 1.165) is 12.1 Å². The van der Waals surface area contributed by atoms with Crippen LogP contribution in [0.3, 0.4) is 0 Å². The van der Waals surface area contributed by atoms with Crippen LogP contribution in [-0.2, 0) is 4.79 Å². The van der Waals surface area contributed by atoms with E-state index in [4.69, 9.17) is 5.11 Å². The highest BCUT2D eigenvalue weighted by atomic mass is 16.6. The first kappa shape index (κ1) is 8.89. The number of phenolic OH excluding ortho intramolecular Hbond substituents is 1. The third-order valence-electron chi connectivity index (χ3n) is 1.35. The number of rotatable bonds is 2. The van der Waals surface area contributed by atoms with Crippen LogP contribution in [-0.4, -0.2) is 16.1 Å². The molecule has 6 nitrogen and oxygen atoms in total. The van der Waals surface area contributed by atoms with E-state index in [1.165, 1.54) is 12.1 Å². The van der Waals surface area contributed by atoms with Crippen molar-refractivity contribution in [1.29, 1.82) is 0 Å². The van der Waals surface area contributed by atoms with Crippen molar-refractivity contribution in [3.63, 3.8) is 0 Å². The summed E-state index contributed by atoms with van der Waals surface area (Å²) in [7, 11) is 0. The second-order valence-corrected chi connectivity index (χ2v) is 2.11. The van der Waals surface area contributed by atoms with Crippen LogP contribution in [0, 0.1) is 10.1 Å². The molecule has 13 heavy (non-hydrogen) atoms. The molecule has 1 rings (SSSR count). The summed E-state index contributed by atoms with van der Waals surface area (Å²) in [4.78, 5) is 22.5. The van der Waals surface area contributed by atoms with Gasteiger partial charge in [0.1, 0.15) is 5.75 Å². The average molecular weight is 180 g/mol. The third kappa shape index (κ3) is 1.69.